The maximum atomic E-state index is 8.52. The average molecular weight is 196 g/mol. The minimum absolute atomic E-state index is 0. The lowest BCUT2D eigenvalue weighted by molar-refractivity contribution is 0.102. The van der Waals surface area contributed by atoms with E-state index in [-0.39, 0.29) is 20.1 Å². The second kappa shape index (κ2) is 14.4. The van der Waals surface area contributed by atoms with Crippen molar-refractivity contribution in [3.8, 4) is 0 Å². The zero-order chi connectivity index (χ0) is 10.8. The van der Waals surface area contributed by atoms with Crippen LogP contribution in [0.15, 0.2) is 0 Å². The molecule has 0 aliphatic heterocycles. The molecule has 0 radical (unpaired) electrons. The van der Waals surface area contributed by atoms with Crippen LogP contribution < -0.4 is 0 Å². The van der Waals surface area contributed by atoms with E-state index in [9.17, 15) is 0 Å². The zero-order valence-corrected chi connectivity index (χ0v) is 9.13. The zero-order valence-electron chi connectivity index (χ0n) is 9.13. The molecule has 0 aromatic heterocycles. The minimum atomic E-state index is -0.500. The van der Waals surface area contributed by atoms with Crippen molar-refractivity contribution in [2.24, 2.45) is 0 Å². The number of hydrogen-bond acceptors (Lipinski definition) is 3. The molecule has 0 spiro atoms. The van der Waals surface area contributed by atoms with Crippen LogP contribution in [0.1, 0.15) is 49.0 Å². The lowest BCUT2D eigenvalue weighted by Gasteiger charge is -2.04. The molecule has 3 heteroatoms. The predicted molar refractivity (Wildman–Crippen MR) is 58.8 cm³/mol. The van der Waals surface area contributed by atoms with Gasteiger partial charge in [0.05, 0.1) is 5.60 Å². The molecule has 0 aromatic rings. The second-order valence-corrected chi connectivity index (χ2v) is 3.58. The Bertz CT molecular complexity index is 56.3. The van der Waals surface area contributed by atoms with E-state index >= 15 is 0 Å². The summed E-state index contributed by atoms with van der Waals surface area (Å²) >= 11 is 0. The highest BCUT2D eigenvalue weighted by Crippen LogP contribution is 1.93. The molecule has 0 unspecified atom stereocenters. The van der Waals surface area contributed by atoms with Gasteiger partial charge < -0.3 is 15.3 Å². The van der Waals surface area contributed by atoms with Gasteiger partial charge in [-0.2, -0.15) is 0 Å². The van der Waals surface area contributed by atoms with Gasteiger partial charge in [0, 0.05) is 12.7 Å². The molecule has 86 valence electrons. The first-order valence-corrected chi connectivity index (χ1v) is 4.16. The summed E-state index contributed by atoms with van der Waals surface area (Å²) in [4.78, 5) is 0. The molecule has 0 rings (SSSR count). The molecule has 3 N–H and O–H groups in total. The van der Waals surface area contributed by atoms with Crippen LogP contribution in [0.25, 0.3) is 0 Å². The summed E-state index contributed by atoms with van der Waals surface area (Å²) in [6.45, 7) is 10.6. The van der Waals surface area contributed by atoms with E-state index in [1.165, 1.54) is 0 Å². The van der Waals surface area contributed by atoms with E-state index in [0.717, 1.165) is 0 Å². The summed E-state index contributed by atoms with van der Waals surface area (Å²) in [5.41, 5.74) is -0.500. The van der Waals surface area contributed by atoms with Gasteiger partial charge >= 0.3 is 0 Å². The van der Waals surface area contributed by atoms with E-state index in [2.05, 4.69) is 0 Å². The third-order valence-electron chi connectivity index (χ3n) is 0. The van der Waals surface area contributed by atoms with E-state index in [1.54, 1.807) is 41.5 Å². The first-order chi connectivity index (χ1) is 5.15. The molecule has 0 atom stereocenters. The van der Waals surface area contributed by atoms with Crippen LogP contribution in [0.4, 0.5) is 0 Å². The van der Waals surface area contributed by atoms with Gasteiger partial charge in [-0.3, -0.25) is 0 Å². The summed E-state index contributed by atoms with van der Waals surface area (Å²) in [6, 6.07) is 0. The Labute approximate surface area is 83.4 Å². The van der Waals surface area contributed by atoms with Crippen molar-refractivity contribution in [3.05, 3.63) is 0 Å². The summed E-state index contributed by atoms with van der Waals surface area (Å²) in [5.74, 6) is 0. The molecule has 0 heterocycles. The molecular weight excluding hydrogens is 168 g/mol. The Morgan fingerprint density at radius 2 is 1.15 bits per heavy atom. The van der Waals surface area contributed by atoms with Crippen molar-refractivity contribution in [1.29, 1.82) is 0 Å². The van der Waals surface area contributed by atoms with Crippen LogP contribution in [-0.4, -0.2) is 33.6 Å². The van der Waals surface area contributed by atoms with Crippen LogP contribution in [0.3, 0.4) is 0 Å². The molecule has 0 fully saturated rings. The van der Waals surface area contributed by atoms with Gasteiger partial charge in [-0.25, -0.2) is 0 Å². The largest absolute Gasteiger partial charge is 0.397 e. The Balaban J connectivity index is -0.0000000465. The predicted octanol–water partition coefficient (Wildman–Crippen LogP) is 1.80. The Morgan fingerprint density at radius 3 is 1.15 bits per heavy atom. The maximum absolute atomic E-state index is 8.52. The van der Waals surface area contributed by atoms with Crippen molar-refractivity contribution >= 4 is 0 Å². The first-order valence-electron chi connectivity index (χ1n) is 4.16. The Kier molecular flexibility index (Phi) is 25.5. The summed E-state index contributed by atoms with van der Waals surface area (Å²) in [7, 11) is 0. The maximum Gasteiger partial charge on any atom is 0.0563 e. The van der Waals surface area contributed by atoms with Crippen LogP contribution in [0, 0.1) is 0 Å². The van der Waals surface area contributed by atoms with Gasteiger partial charge in [0.25, 0.3) is 0 Å². The van der Waals surface area contributed by atoms with E-state index < -0.39 is 5.60 Å². The molecule has 0 aromatic carbocycles. The summed E-state index contributed by atoms with van der Waals surface area (Å²) < 4.78 is 0. The van der Waals surface area contributed by atoms with Gasteiger partial charge in [0.1, 0.15) is 0 Å². The highest BCUT2D eigenvalue weighted by molar-refractivity contribution is 4.50. The topological polar surface area (TPSA) is 60.7 Å². The highest BCUT2D eigenvalue weighted by Gasteiger charge is 1.97. The number of hydrogen-bond donors (Lipinski definition) is 3. The lowest BCUT2D eigenvalue weighted by Crippen LogP contribution is -2.10. The number of aliphatic hydroxyl groups excluding tert-OH is 2. The van der Waals surface area contributed by atoms with Crippen molar-refractivity contribution in [2.45, 2.75) is 60.7 Å². The van der Waals surface area contributed by atoms with E-state index in [1.807, 2.05) is 0 Å². The molecule has 0 saturated carbocycles. The average Bonchev–Trinajstić information content (AvgIpc) is 1.56. The molecule has 3 nitrogen and oxygen atoms in total. The fourth-order valence-corrected chi connectivity index (χ4v) is 0. The standard InChI is InChI=1S/C4H10O.C3H8O.C2H6O.CH4/c1-4(2,3)5;1-3(2)4;1-2-3;/h5H,1-3H3;3-4H,1-2H3;3H,2H2,1H3;1H4. The molecule has 0 saturated heterocycles. The lowest BCUT2D eigenvalue weighted by atomic mass is 10.2. The van der Waals surface area contributed by atoms with Gasteiger partial charge in [-0.1, -0.05) is 7.43 Å². The van der Waals surface area contributed by atoms with Gasteiger partial charge in [0.15, 0.2) is 0 Å². The molecular formula is C10H28O3. The highest BCUT2D eigenvalue weighted by atomic mass is 16.3. The second-order valence-electron chi connectivity index (χ2n) is 3.58. The van der Waals surface area contributed by atoms with E-state index in [4.69, 9.17) is 15.3 Å². The molecule has 0 aliphatic rings. The quantitative estimate of drug-likeness (QED) is 0.553. The Hall–Kier alpha value is -0.120. The van der Waals surface area contributed by atoms with Crippen molar-refractivity contribution < 1.29 is 15.3 Å². The van der Waals surface area contributed by atoms with Gasteiger partial charge in [-0.15, -0.1) is 0 Å². The SMILES string of the molecule is C.CC(C)(C)O.CC(C)O.CCO. The summed E-state index contributed by atoms with van der Waals surface area (Å²) in [6.07, 6.45) is -0.167. The number of aliphatic hydroxyl groups is 3. The molecule has 13 heavy (non-hydrogen) atoms. The van der Waals surface area contributed by atoms with Crippen LogP contribution >= 0.6 is 0 Å². The minimum Gasteiger partial charge on any atom is -0.397 e. The molecule has 0 bridgehead atoms. The first kappa shape index (κ1) is 23.1. The Morgan fingerprint density at radius 1 is 1.15 bits per heavy atom. The monoisotopic (exact) mass is 196 g/mol. The van der Waals surface area contributed by atoms with Crippen molar-refractivity contribution in [2.75, 3.05) is 6.61 Å². The molecule has 0 aliphatic carbocycles. The fourth-order valence-electron chi connectivity index (χ4n) is 0. The van der Waals surface area contributed by atoms with Crippen LogP contribution in [-0.2, 0) is 0 Å². The van der Waals surface area contributed by atoms with Crippen molar-refractivity contribution in [1.82, 2.24) is 0 Å². The third kappa shape index (κ3) is 80500. The van der Waals surface area contributed by atoms with Gasteiger partial charge in [0.2, 0.25) is 0 Å². The normalized spacial score (nSPS) is 8.77. The van der Waals surface area contributed by atoms with Gasteiger partial charge in [-0.05, 0) is 41.5 Å². The third-order valence-corrected chi connectivity index (χ3v) is 0. The van der Waals surface area contributed by atoms with Crippen LogP contribution in [0.2, 0.25) is 0 Å². The molecule has 0 amide bonds. The smallest absolute Gasteiger partial charge is 0.0563 e. The number of rotatable bonds is 0. The van der Waals surface area contributed by atoms with Crippen molar-refractivity contribution in [3.63, 3.8) is 0 Å². The summed E-state index contributed by atoms with van der Waals surface area (Å²) in [5, 5.41) is 24.1. The van der Waals surface area contributed by atoms with E-state index in [0.29, 0.717) is 0 Å². The van der Waals surface area contributed by atoms with Crippen LogP contribution in [0.5, 0.6) is 0 Å². The fraction of sp³-hybridized carbons (Fsp3) is 1.00.